The summed E-state index contributed by atoms with van der Waals surface area (Å²) in [6.07, 6.45) is 5.01. The summed E-state index contributed by atoms with van der Waals surface area (Å²) in [6.45, 7) is -0.187. The highest BCUT2D eigenvalue weighted by atomic mass is 16.2. The van der Waals surface area contributed by atoms with Crippen molar-refractivity contribution in [2.45, 2.75) is 6.42 Å². The van der Waals surface area contributed by atoms with Crippen LogP contribution in [0.2, 0.25) is 0 Å². The Hall–Kier alpha value is -2.95. The highest BCUT2D eigenvalue weighted by molar-refractivity contribution is 6.10. The first-order valence-corrected chi connectivity index (χ1v) is 9.33. The molecule has 5 heteroatoms. The molecule has 4 unspecified atom stereocenters. The third-order valence-electron chi connectivity index (χ3n) is 6.35. The van der Waals surface area contributed by atoms with Gasteiger partial charge in [0.15, 0.2) is 0 Å². The summed E-state index contributed by atoms with van der Waals surface area (Å²) in [5.41, 5.74) is 0.750. The van der Waals surface area contributed by atoms with Crippen molar-refractivity contribution in [2.75, 3.05) is 18.5 Å². The maximum atomic E-state index is 12.8. The molecule has 0 aromatic heterocycles. The Balaban J connectivity index is 1.35. The second-order valence-electron chi connectivity index (χ2n) is 7.75. The van der Waals surface area contributed by atoms with Crippen molar-refractivity contribution in [2.24, 2.45) is 23.7 Å². The summed E-state index contributed by atoms with van der Waals surface area (Å²) >= 11 is 0. The Morgan fingerprint density at radius 3 is 2.30 bits per heavy atom. The van der Waals surface area contributed by atoms with Crippen LogP contribution in [0.3, 0.4) is 0 Å². The van der Waals surface area contributed by atoms with Gasteiger partial charge in [0, 0.05) is 12.7 Å². The van der Waals surface area contributed by atoms with Crippen LogP contribution in [0.25, 0.3) is 10.8 Å². The number of benzene rings is 2. The molecule has 5 nitrogen and oxygen atoms in total. The molecule has 0 N–H and O–H groups in total. The number of hydrogen-bond acceptors (Lipinski definition) is 3. The third kappa shape index (κ3) is 2.34. The number of imide groups is 1. The van der Waals surface area contributed by atoms with Crippen LogP contribution in [0.5, 0.6) is 0 Å². The number of likely N-dealkylation sites (tertiary alicyclic amines) is 1. The molecule has 0 spiro atoms. The SMILES string of the molecule is CN(C(=O)CN1C(=O)C2C3C=CC(C3)C2C1=O)c1ccc2ccccc2c1. The van der Waals surface area contributed by atoms with Crippen molar-refractivity contribution in [3.05, 3.63) is 54.6 Å². The molecule has 4 atom stereocenters. The van der Waals surface area contributed by atoms with Gasteiger partial charge in [-0.2, -0.15) is 0 Å². The lowest BCUT2D eigenvalue weighted by atomic mass is 9.85. The number of carbonyl (C=O) groups excluding carboxylic acids is 3. The molecule has 2 fully saturated rings. The molecule has 1 heterocycles. The number of rotatable bonds is 3. The average Bonchev–Trinajstić information content (AvgIpc) is 3.37. The summed E-state index contributed by atoms with van der Waals surface area (Å²) in [6, 6.07) is 13.7. The standard InChI is InChI=1S/C22H20N2O3/c1-23(17-9-8-13-4-2-3-5-14(13)11-17)18(25)12-24-21(26)19-15-6-7-16(10-15)20(19)22(24)27/h2-9,11,15-16,19-20H,10,12H2,1H3. The van der Waals surface area contributed by atoms with E-state index in [4.69, 9.17) is 0 Å². The van der Waals surface area contributed by atoms with Gasteiger partial charge in [-0.25, -0.2) is 0 Å². The third-order valence-corrected chi connectivity index (χ3v) is 6.35. The van der Waals surface area contributed by atoms with Gasteiger partial charge in [0.2, 0.25) is 17.7 Å². The van der Waals surface area contributed by atoms with Crippen LogP contribution in [0.4, 0.5) is 5.69 Å². The first-order valence-electron chi connectivity index (χ1n) is 9.33. The zero-order chi connectivity index (χ0) is 18.7. The average molecular weight is 360 g/mol. The smallest absolute Gasteiger partial charge is 0.246 e. The molecule has 2 aromatic rings. The predicted octanol–water partition coefficient (Wildman–Crippen LogP) is 2.61. The van der Waals surface area contributed by atoms with Crippen molar-refractivity contribution >= 4 is 34.2 Å². The fourth-order valence-corrected chi connectivity index (χ4v) is 4.89. The van der Waals surface area contributed by atoms with Gasteiger partial charge in [-0.1, -0.05) is 42.5 Å². The molecule has 0 radical (unpaired) electrons. The van der Waals surface area contributed by atoms with E-state index in [1.54, 1.807) is 7.05 Å². The Labute approximate surface area is 157 Å². The Kier molecular flexibility index (Phi) is 3.47. The Morgan fingerprint density at radius 1 is 1.00 bits per heavy atom. The topological polar surface area (TPSA) is 57.7 Å². The predicted molar refractivity (Wildman–Crippen MR) is 102 cm³/mol. The molecule has 2 bridgehead atoms. The van der Waals surface area contributed by atoms with E-state index in [1.165, 1.54) is 9.80 Å². The van der Waals surface area contributed by atoms with Gasteiger partial charge in [-0.3, -0.25) is 19.3 Å². The number of carbonyl (C=O) groups is 3. The molecule has 27 heavy (non-hydrogen) atoms. The molecule has 3 aliphatic rings. The zero-order valence-corrected chi connectivity index (χ0v) is 15.0. The number of fused-ring (bicyclic) bond motifs is 6. The maximum absolute atomic E-state index is 12.8. The number of nitrogens with zero attached hydrogens (tertiary/aromatic N) is 2. The monoisotopic (exact) mass is 360 g/mol. The van der Waals surface area contributed by atoms with Gasteiger partial charge in [-0.15, -0.1) is 0 Å². The van der Waals surface area contributed by atoms with E-state index in [9.17, 15) is 14.4 Å². The minimum absolute atomic E-state index is 0.162. The van der Waals surface area contributed by atoms with Crippen molar-refractivity contribution in [3.8, 4) is 0 Å². The van der Waals surface area contributed by atoms with Crippen LogP contribution in [0.15, 0.2) is 54.6 Å². The van der Waals surface area contributed by atoms with Gasteiger partial charge >= 0.3 is 0 Å². The molecule has 1 saturated carbocycles. The molecule has 1 aliphatic heterocycles. The normalized spacial score (nSPS) is 28.3. The van der Waals surface area contributed by atoms with Gasteiger partial charge in [0.05, 0.1) is 11.8 Å². The zero-order valence-electron chi connectivity index (χ0n) is 15.0. The summed E-state index contributed by atoms with van der Waals surface area (Å²) < 4.78 is 0. The molecular formula is C22H20N2O3. The van der Waals surface area contributed by atoms with E-state index >= 15 is 0 Å². The fraction of sp³-hybridized carbons (Fsp3) is 0.318. The molecule has 2 aliphatic carbocycles. The number of allylic oxidation sites excluding steroid dienone is 2. The first-order chi connectivity index (χ1) is 13.0. The second-order valence-corrected chi connectivity index (χ2v) is 7.75. The minimum Gasteiger partial charge on any atom is -0.314 e. The lowest BCUT2D eigenvalue weighted by molar-refractivity contribution is -0.143. The largest absolute Gasteiger partial charge is 0.314 e. The van der Waals surface area contributed by atoms with Crippen LogP contribution in [0, 0.1) is 23.7 Å². The van der Waals surface area contributed by atoms with E-state index in [1.807, 2.05) is 42.5 Å². The molecule has 2 aromatic carbocycles. The summed E-state index contributed by atoms with van der Waals surface area (Å²) in [4.78, 5) is 41.0. The molecule has 3 amide bonds. The summed E-state index contributed by atoms with van der Waals surface area (Å²) in [5.74, 6) is -0.807. The quantitative estimate of drug-likeness (QED) is 0.624. The van der Waals surface area contributed by atoms with E-state index < -0.39 is 0 Å². The van der Waals surface area contributed by atoms with Crippen molar-refractivity contribution in [3.63, 3.8) is 0 Å². The first kappa shape index (κ1) is 16.2. The second kappa shape index (κ2) is 5.78. The lowest BCUT2D eigenvalue weighted by Crippen LogP contribution is -2.42. The number of likely N-dealkylation sites (N-methyl/N-ethyl adjacent to an activating group) is 1. The van der Waals surface area contributed by atoms with Gasteiger partial charge in [-0.05, 0) is 41.2 Å². The summed E-state index contributed by atoms with van der Waals surface area (Å²) in [7, 11) is 1.68. The Morgan fingerprint density at radius 2 is 1.63 bits per heavy atom. The molecular weight excluding hydrogens is 340 g/mol. The van der Waals surface area contributed by atoms with Crippen molar-refractivity contribution in [1.29, 1.82) is 0 Å². The minimum atomic E-state index is -0.258. The number of anilines is 1. The lowest BCUT2D eigenvalue weighted by Gasteiger charge is -2.22. The van der Waals surface area contributed by atoms with Gasteiger partial charge < -0.3 is 4.90 Å². The van der Waals surface area contributed by atoms with E-state index in [0.717, 1.165) is 22.9 Å². The highest BCUT2D eigenvalue weighted by Crippen LogP contribution is 2.52. The molecule has 1 saturated heterocycles. The van der Waals surface area contributed by atoms with Crippen LogP contribution >= 0.6 is 0 Å². The summed E-state index contributed by atoms with van der Waals surface area (Å²) in [5, 5.41) is 2.14. The fourth-order valence-electron chi connectivity index (χ4n) is 4.89. The Bertz CT molecular complexity index is 982. The van der Waals surface area contributed by atoms with Gasteiger partial charge in [0.25, 0.3) is 0 Å². The van der Waals surface area contributed by atoms with Crippen LogP contribution in [-0.4, -0.2) is 36.2 Å². The van der Waals surface area contributed by atoms with Crippen LogP contribution in [-0.2, 0) is 14.4 Å². The van der Waals surface area contributed by atoms with Gasteiger partial charge in [0.1, 0.15) is 6.54 Å². The van der Waals surface area contributed by atoms with E-state index in [2.05, 4.69) is 12.2 Å². The highest BCUT2D eigenvalue weighted by Gasteiger charge is 2.59. The van der Waals surface area contributed by atoms with E-state index in [0.29, 0.717) is 0 Å². The molecule has 5 rings (SSSR count). The van der Waals surface area contributed by atoms with Crippen LogP contribution in [0.1, 0.15) is 6.42 Å². The maximum Gasteiger partial charge on any atom is 0.246 e. The van der Waals surface area contributed by atoms with Crippen molar-refractivity contribution in [1.82, 2.24) is 4.90 Å². The number of amides is 3. The number of hydrogen-bond donors (Lipinski definition) is 0. The van der Waals surface area contributed by atoms with Crippen LogP contribution < -0.4 is 4.90 Å². The van der Waals surface area contributed by atoms with E-state index in [-0.39, 0.29) is 47.9 Å². The molecule has 136 valence electrons. The van der Waals surface area contributed by atoms with Crippen molar-refractivity contribution < 1.29 is 14.4 Å².